The van der Waals surface area contributed by atoms with Gasteiger partial charge in [-0.2, -0.15) is 0 Å². The summed E-state index contributed by atoms with van der Waals surface area (Å²) in [7, 11) is 0. The summed E-state index contributed by atoms with van der Waals surface area (Å²) >= 11 is 7.75. The minimum atomic E-state index is 0.210. The van der Waals surface area contributed by atoms with Gasteiger partial charge in [0.1, 0.15) is 5.75 Å². The Bertz CT molecular complexity index is 636. The van der Waals surface area contributed by atoms with Gasteiger partial charge in [-0.3, -0.25) is 9.89 Å². The maximum atomic E-state index is 9.84. The second kappa shape index (κ2) is 7.27. The van der Waals surface area contributed by atoms with Gasteiger partial charge in [-0.1, -0.05) is 17.7 Å². The van der Waals surface area contributed by atoms with Crippen molar-refractivity contribution in [3.63, 3.8) is 0 Å². The highest BCUT2D eigenvalue weighted by molar-refractivity contribution is 7.10. The van der Waals surface area contributed by atoms with E-state index in [4.69, 9.17) is 11.6 Å². The number of phenols is 1. The lowest BCUT2D eigenvalue weighted by atomic mass is 10.2. The van der Waals surface area contributed by atoms with E-state index in [1.54, 1.807) is 35.8 Å². The molecule has 2 aromatic rings. The van der Waals surface area contributed by atoms with E-state index >= 15 is 0 Å². The number of aromatic hydroxyl groups is 1. The molecular formula is C17H19ClN2OS. The first-order valence-electron chi connectivity index (χ1n) is 7.50. The minimum absolute atomic E-state index is 0.210. The SMILES string of the molecule is Oc1ccc(Cl)cc1C=NC[C@H](c1cccs1)N1CCCC1. The molecule has 1 aliphatic rings. The van der Waals surface area contributed by atoms with Crippen LogP contribution in [0.4, 0.5) is 0 Å². The first kappa shape index (κ1) is 15.5. The van der Waals surface area contributed by atoms with Gasteiger partial charge in [-0.25, -0.2) is 0 Å². The molecule has 0 spiro atoms. The van der Waals surface area contributed by atoms with E-state index in [1.165, 1.54) is 17.7 Å². The van der Waals surface area contributed by atoms with Gasteiger partial charge in [-0.15, -0.1) is 11.3 Å². The van der Waals surface area contributed by atoms with Gasteiger partial charge in [-0.05, 0) is 55.6 Å². The lowest BCUT2D eigenvalue weighted by Crippen LogP contribution is -2.27. The molecule has 1 fully saturated rings. The highest BCUT2D eigenvalue weighted by Gasteiger charge is 2.23. The molecule has 1 saturated heterocycles. The Morgan fingerprint density at radius 2 is 2.14 bits per heavy atom. The number of hydrogen-bond acceptors (Lipinski definition) is 4. The van der Waals surface area contributed by atoms with Crippen LogP contribution in [0.3, 0.4) is 0 Å². The standard InChI is InChI=1S/C17H19ClN2OS/c18-14-5-6-16(21)13(10-14)11-19-12-15(17-4-3-9-22-17)20-7-1-2-8-20/h3-6,9-11,15,21H,1-2,7-8,12H2/t15-/m1/s1. The average molecular weight is 335 g/mol. The molecule has 0 amide bonds. The van der Waals surface area contributed by atoms with E-state index in [0.717, 1.165) is 13.1 Å². The predicted molar refractivity (Wildman–Crippen MR) is 93.4 cm³/mol. The molecule has 116 valence electrons. The molecule has 0 bridgehead atoms. The molecule has 1 atom stereocenters. The first-order chi connectivity index (χ1) is 10.7. The van der Waals surface area contributed by atoms with E-state index in [2.05, 4.69) is 27.4 Å². The summed E-state index contributed by atoms with van der Waals surface area (Å²) in [6.07, 6.45) is 4.25. The lowest BCUT2D eigenvalue weighted by molar-refractivity contribution is 0.255. The zero-order chi connectivity index (χ0) is 15.4. The molecule has 5 heteroatoms. The van der Waals surface area contributed by atoms with E-state index in [1.807, 2.05) is 0 Å². The van der Waals surface area contributed by atoms with Crippen molar-refractivity contribution in [2.24, 2.45) is 4.99 Å². The smallest absolute Gasteiger partial charge is 0.124 e. The normalized spacial score (nSPS) is 17.3. The third-order valence-electron chi connectivity index (χ3n) is 3.95. The van der Waals surface area contributed by atoms with Crippen LogP contribution >= 0.6 is 22.9 Å². The maximum absolute atomic E-state index is 9.84. The van der Waals surface area contributed by atoms with Crippen LogP contribution in [0.25, 0.3) is 0 Å². The van der Waals surface area contributed by atoms with Gasteiger partial charge >= 0.3 is 0 Å². The summed E-state index contributed by atoms with van der Waals surface area (Å²) in [5.41, 5.74) is 0.666. The number of thiophene rings is 1. The first-order valence-corrected chi connectivity index (χ1v) is 8.75. The van der Waals surface area contributed by atoms with E-state index in [0.29, 0.717) is 23.2 Å². The fourth-order valence-corrected chi connectivity index (χ4v) is 3.83. The highest BCUT2D eigenvalue weighted by Crippen LogP contribution is 2.29. The molecule has 1 aromatic carbocycles. The van der Waals surface area contributed by atoms with Crippen LogP contribution in [0.2, 0.25) is 5.02 Å². The Hall–Kier alpha value is -1.36. The maximum Gasteiger partial charge on any atom is 0.124 e. The molecule has 3 nitrogen and oxygen atoms in total. The Balaban J connectivity index is 1.73. The van der Waals surface area contributed by atoms with Crippen LogP contribution in [0, 0.1) is 0 Å². The molecule has 1 aromatic heterocycles. The monoisotopic (exact) mass is 334 g/mol. The van der Waals surface area contributed by atoms with Crippen molar-refractivity contribution in [1.29, 1.82) is 0 Å². The topological polar surface area (TPSA) is 35.8 Å². The summed E-state index contributed by atoms with van der Waals surface area (Å²) in [5, 5.41) is 12.6. The van der Waals surface area contributed by atoms with Gasteiger partial charge in [0, 0.05) is 21.7 Å². The summed E-state index contributed by atoms with van der Waals surface area (Å²) in [5.74, 6) is 0.210. The Labute approximate surface area is 139 Å². The second-order valence-corrected chi connectivity index (χ2v) is 6.89. The average Bonchev–Trinajstić information content (AvgIpc) is 3.20. The van der Waals surface area contributed by atoms with Gasteiger partial charge < -0.3 is 5.11 Å². The van der Waals surface area contributed by atoms with Crippen LogP contribution in [0.5, 0.6) is 5.75 Å². The molecular weight excluding hydrogens is 316 g/mol. The quantitative estimate of drug-likeness (QED) is 0.824. The molecule has 2 heterocycles. The van der Waals surface area contributed by atoms with Crippen molar-refractivity contribution in [3.05, 3.63) is 51.2 Å². The Morgan fingerprint density at radius 1 is 1.32 bits per heavy atom. The van der Waals surface area contributed by atoms with E-state index in [9.17, 15) is 5.11 Å². The number of hydrogen-bond donors (Lipinski definition) is 1. The third-order valence-corrected chi connectivity index (χ3v) is 5.16. The summed E-state index contributed by atoms with van der Waals surface area (Å²) in [6, 6.07) is 9.61. The summed E-state index contributed by atoms with van der Waals surface area (Å²) in [6.45, 7) is 2.98. The Kier molecular flexibility index (Phi) is 5.13. The second-order valence-electron chi connectivity index (χ2n) is 5.47. The van der Waals surface area contributed by atoms with Crippen LogP contribution in [0.1, 0.15) is 29.3 Å². The van der Waals surface area contributed by atoms with Crippen molar-refractivity contribution in [2.45, 2.75) is 18.9 Å². The molecule has 22 heavy (non-hydrogen) atoms. The van der Waals surface area contributed by atoms with Crippen molar-refractivity contribution >= 4 is 29.2 Å². The van der Waals surface area contributed by atoms with E-state index in [-0.39, 0.29) is 5.75 Å². The van der Waals surface area contributed by atoms with Gasteiger partial charge in [0.2, 0.25) is 0 Å². The van der Waals surface area contributed by atoms with Gasteiger partial charge in [0.05, 0.1) is 12.6 Å². The number of phenolic OH excluding ortho intramolecular Hbond substituents is 1. The number of aliphatic imine (C=N–C) groups is 1. The lowest BCUT2D eigenvalue weighted by Gasteiger charge is -2.25. The summed E-state index contributed by atoms with van der Waals surface area (Å²) < 4.78 is 0. The van der Waals surface area contributed by atoms with E-state index < -0.39 is 0 Å². The zero-order valence-corrected chi connectivity index (χ0v) is 13.9. The van der Waals surface area contributed by atoms with Crippen LogP contribution < -0.4 is 0 Å². The number of nitrogens with zero attached hydrogens (tertiary/aromatic N) is 2. The number of likely N-dealkylation sites (tertiary alicyclic amines) is 1. The third kappa shape index (κ3) is 3.69. The molecule has 0 aliphatic carbocycles. The number of halogens is 1. The van der Waals surface area contributed by atoms with Crippen molar-refractivity contribution < 1.29 is 5.11 Å². The fraction of sp³-hybridized carbons (Fsp3) is 0.353. The summed E-state index contributed by atoms with van der Waals surface area (Å²) in [4.78, 5) is 8.42. The number of rotatable bonds is 5. The highest BCUT2D eigenvalue weighted by atomic mass is 35.5. The number of benzene rings is 1. The molecule has 0 unspecified atom stereocenters. The van der Waals surface area contributed by atoms with Crippen LogP contribution in [-0.2, 0) is 0 Å². The minimum Gasteiger partial charge on any atom is -0.507 e. The fourth-order valence-electron chi connectivity index (χ4n) is 2.80. The predicted octanol–water partition coefficient (Wildman–Crippen LogP) is 4.36. The van der Waals surface area contributed by atoms with Crippen molar-refractivity contribution in [1.82, 2.24) is 4.90 Å². The zero-order valence-electron chi connectivity index (χ0n) is 12.3. The largest absolute Gasteiger partial charge is 0.507 e. The Morgan fingerprint density at radius 3 is 2.86 bits per heavy atom. The molecule has 1 aliphatic heterocycles. The molecule has 1 N–H and O–H groups in total. The molecule has 0 saturated carbocycles. The van der Waals surface area contributed by atoms with Crippen molar-refractivity contribution in [2.75, 3.05) is 19.6 Å². The van der Waals surface area contributed by atoms with Crippen molar-refractivity contribution in [3.8, 4) is 5.75 Å². The van der Waals surface area contributed by atoms with Gasteiger partial charge in [0.15, 0.2) is 0 Å². The van der Waals surface area contributed by atoms with Crippen LogP contribution in [0.15, 0.2) is 40.7 Å². The van der Waals surface area contributed by atoms with Gasteiger partial charge in [0.25, 0.3) is 0 Å². The molecule has 3 rings (SSSR count). The molecule has 0 radical (unpaired) electrons. The van der Waals surface area contributed by atoms with Crippen LogP contribution in [-0.4, -0.2) is 35.9 Å².